The van der Waals surface area contributed by atoms with E-state index in [9.17, 15) is 4.79 Å². The number of carbonyl (C=O) groups excluding carboxylic acids is 1. The third-order valence-corrected chi connectivity index (χ3v) is 6.37. The van der Waals surface area contributed by atoms with Gasteiger partial charge in [0.15, 0.2) is 0 Å². The second-order valence-corrected chi connectivity index (χ2v) is 8.83. The number of benzene rings is 1. The van der Waals surface area contributed by atoms with Crippen molar-refractivity contribution in [3.63, 3.8) is 0 Å². The Labute approximate surface area is 158 Å². The highest BCUT2D eigenvalue weighted by Crippen LogP contribution is 2.29. The zero-order valence-electron chi connectivity index (χ0n) is 15.0. The van der Waals surface area contributed by atoms with Crippen molar-refractivity contribution in [1.82, 2.24) is 14.6 Å². The van der Waals surface area contributed by atoms with E-state index in [1.807, 2.05) is 24.3 Å². The molecule has 0 unspecified atom stereocenters. The second kappa shape index (κ2) is 8.34. The average molecular weight is 376 g/mol. The van der Waals surface area contributed by atoms with E-state index in [4.69, 9.17) is 0 Å². The van der Waals surface area contributed by atoms with E-state index in [0.29, 0.717) is 6.54 Å². The van der Waals surface area contributed by atoms with E-state index in [0.717, 1.165) is 36.6 Å². The van der Waals surface area contributed by atoms with E-state index >= 15 is 0 Å². The molecule has 1 amide bonds. The number of rotatable bonds is 5. The molecule has 0 radical (unpaired) electrons. The number of nitrogens with zero attached hydrogens (tertiary/aromatic N) is 2. The van der Waals surface area contributed by atoms with Crippen LogP contribution in [-0.2, 0) is 11.3 Å². The third-order valence-electron chi connectivity index (χ3n) is 4.33. The first kappa shape index (κ1) is 18.4. The highest BCUT2D eigenvalue weighted by Gasteiger charge is 2.25. The summed E-state index contributed by atoms with van der Waals surface area (Å²) in [6.45, 7) is 8.70. The minimum Gasteiger partial charge on any atom is -0.349 e. The molecule has 1 aliphatic heterocycles. The van der Waals surface area contributed by atoms with Crippen LogP contribution in [0.5, 0.6) is 0 Å². The van der Waals surface area contributed by atoms with Gasteiger partial charge in [-0.3, -0.25) is 4.79 Å². The quantitative estimate of drug-likeness (QED) is 0.799. The molecule has 1 aromatic heterocycles. The zero-order valence-corrected chi connectivity index (χ0v) is 16.7. The number of nitrogens with one attached hydrogen (secondary N) is 1. The van der Waals surface area contributed by atoms with Crippen LogP contribution in [-0.4, -0.2) is 28.3 Å². The van der Waals surface area contributed by atoms with Crippen molar-refractivity contribution in [2.24, 2.45) is 5.92 Å². The summed E-state index contributed by atoms with van der Waals surface area (Å²) in [5, 5.41) is 6.04. The summed E-state index contributed by atoms with van der Waals surface area (Å²) in [7, 11) is 0. The van der Waals surface area contributed by atoms with Gasteiger partial charge in [-0.1, -0.05) is 6.07 Å². The van der Waals surface area contributed by atoms with Gasteiger partial charge < -0.3 is 5.32 Å². The van der Waals surface area contributed by atoms with Crippen molar-refractivity contribution in [3.8, 4) is 0 Å². The Morgan fingerprint density at radius 3 is 2.52 bits per heavy atom. The lowest BCUT2D eigenvalue weighted by molar-refractivity contribution is -0.126. The lowest BCUT2D eigenvalue weighted by atomic mass is 9.97. The van der Waals surface area contributed by atoms with Crippen molar-refractivity contribution >= 4 is 29.2 Å². The predicted octanol–water partition coefficient (Wildman–Crippen LogP) is 4.10. The topological polar surface area (TPSA) is 45.2 Å². The lowest BCUT2D eigenvalue weighted by Gasteiger charge is -2.30. The standard InChI is InChI=1S/C19H25N3OS2/c1-13-8-14(2)10-17(9-13)25-22-6-4-16(5-7-22)19(23)20-11-18-21-15(3)12-24-18/h8-10,12,16H,4-7,11H2,1-3H3,(H,20,23). The number of hydrogen-bond acceptors (Lipinski definition) is 5. The minimum atomic E-state index is 0.122. The number of piperidine rings is 1. The van der Waals surface area contributed by atoms with Gasteiger partial charge in [0.2, 0.25) is 5.91 Å². The molecule has 1 aliphatic rings. The van der Waals surface area contributed by atoms with Gasteiger partial charge in [0.25, 0.3) is 0 Å². The third kappa shape index (κ3) is 5.30. The first-order valence-corrected chi connectivity index (χ1v) is 10.3. The molecule has 0 saturated carbocycles. The number of carbonyl (C=O) groups is 1. The average Bonchev–Trinajstić information content (AvgIpc) is 2.98. The smallest absolute Gasteiger partial charge is 0.223 e. The fourth-order valence-electron chi connectivity index (χ4n) is 3.13. The number of hydrogen-bond donors (Lipinski definition) is 1. The summed E-state index contributed by atoms with van der Waals surface area (Å²) in [6.07, 6.45) is 1.83. The minimum absolute atomic E-state index is 0.122. The molecule has 0 atom stereocenters. The molecule has 25 heavy (non-hydrogen) atoms. The summed E-state index contributed by atoms with van der Waals surface area (Å²) < 4.78 is 2.38. The van der Waals surface area contributed by atoms with Gasteiger partial charge in [0.1, 0.15) is 5.01 Å². The highest BCUT2D eigenvalue weighted by molar-refractivity contribution is 7.97. The zero-order chi connectivity index (χ0) is 17.8. The fourth-order valence-corrected chi connectivity index (χ4v) is 5.02. The van der Waals surface area contributed by atoms with E-state index in [2.05, 4.69) is 46.7 Å². The van der Waals surface area contributed by atoms with E-state index in [-0.39, 0.29) is 11.8 Å². The molecule has 2 heterocycles. The van der Waals surface area contributed by atoms with Crippen LogP contribution in [0, 0.1) is 26.7 Å². The molecule has 134 valence electrons. The summed E-state index contributed by atoms with van der Waals surface area (Å²) in [4.78, 5) is 18.1. The van der Waals surface area contributed by atoms with Crippen molar-refractivity contribution in [3.05, 3.63) is 45.4 Å². The van der Waals surface area contributed by atoms with Crippen LogP contribution in [0.1, 0.15) is 34.7 Å². The van der Waals surface area contributed by atoms with Gasteiger partial charge in [0, 0.05) is 35.0 Å². The molecule has 0 spiro atoms. The number of thiazole rings is 1. The van der Waals surface area contributed by atoms with Crippen LogP contribution in [0.4, 0.5) is 0 Å². The van der Waals surface area contributed by atoms with Crippen LogP contribution in [0.3, 0.4) is 0 Å². The lowest BCUT2D eigenvalue weighted by Crippen LogP contribution is -2.37. The predicted molar refractivity (Wildman–Crippen MR) is 105 cm³/mol. The molecule has 1 saturated heterocycles. The van der Waals surface area contributed by atoms with E-state index < -0.39 is 0 Å². The maximum Gasteiger partial charge on any atom is 0.223 e. The SMILES string of the molecule is Cc1cc(C)cc(SN2CCC(C(=O)NCc3nc(C)cs3)CC2)c1. The molecule has 3 rings (SSSR count). The van der Waals surface area contributed by atoms with Gasteiger partial charge in [-0.25, -0.2) is 9.29 Å². The van der Waals surface area contributed by atoms with Crippen LogP contribution < -0.4 is 5.32 Å². The van der Waals surface area contributed by atoms with Gasteiger partial charge >= 0.3 is 0 Å². The van der Waals surface area contributed by atoms with Crippen LogP contribution in [0.15, 0.2) is 28.5 Å². The molecule has 4 nitrogen and oxygen atoms in total. The molecule has 1 N–H and O–H groups in total. The Balaban J connectivity index is 1.45. The molecular weight excluding hydrogens is 350 g/mol. The summed E-state index contributed by atoms with van der Waals surface area (Å²) in [5.41, 5.74) is 3.62. The highest BCUT2D eigenvalue weighted by atomic mass is 32.2. The molecule has 1 aromatic carbocycles. The molecule has 1 fully saturated rings. The van der Waals surface area contributed by atoms with Crippen molar-refractivity contribution in [1.29, 1.82) is 0 Å². The van der Waals surface area contributed by atoms with Crippen LogP contribution in [0.2, 0.25) is 0 Å². The van der Waals surface area contributed by atoms with Gasteiger partial charge in [-0.05, 0) is 68.8 Å². The van der Waals surface area contributed by atoms with Crippen molar-refractivity contribution in [2.75, 3.05) is 13.1 Å². The molecule has 2 aromatic rings. The normalized spacial score (nSPS) is 16.1. The Morgan fingerprint density at radius 2 is 1.92 bits per heavy atom. The Morgan fingerprint density at radius 1 is 1.24 bits per heavy atom. The largest absolute Gasteiger partial charge is 0.349 e. The summed E-state index contributed by atoms with van der Waals surface area (Å²) in [5.74, 6) is 0.293. The first-order chi connectivity index (χ1) is 12.0. The Kier molecular flexibility index (Phi) is 6.15. The number of amides is 1. The van der Waals surface area contributed by atoms with E-state index in [1.165, 1.54) is 16.0 Å². The van der Waals surface area contributed by atoms with Gasteiger partial charge in [0.05, 0.1) is 6.54 Å². The molecule has 0 aliphatic carbocycles. The fraction of sp³-hybridized carbons (Fsp3) is 0.474. The van der Waals surface area contributed by atoms with Gasteiger partial charge in [-0.2, -0.15) is 0 Å². The Bertz CT molecular complexity index is 716. The van der Waals surface area contributed by atoms with Crippen molar-refractivity contribution < 1.29 is 4.79 Å². The Hall–Kier alpha value is -1.37. The monoisotopic (exact) mass is 375 g/mol. The van der Waals surface area contributed by atoms with E-state index in [1.54, 1.807) is 11.3 Å². The second-order valence-electron chi connectivity index (χ2n) is 6.72. The summed E-state index contributed by atoms with van der Waals surface area (Å²) >= 11 is 3.42. The molecule has 6 heteroatoms. The van der Waals surface area contributed by atoms with Crippen molar-refractivity contribution in [2.45, 2.75) is 45.1 Å². The summed E-state index contributed by atoms with van der Waals surface area (Å²) in [6, 6.07) is 6.66. The number of aryl methyl sites for hydroxylation is 3. The first-order valence-electron chi connectivity index (χ1n) is 8.69. The van der Waals surface area contributed by atoms with Crippen LogP contribution >= 0.6 is 23.3 Å². The van der Waals surface area contributed by atoms with Gasteiger partial charge in [-0.15, -0.1) is 11.3 Å². The van der Waals surface area contributed by atoms with Crippen LogP contribution in [0.25, 0.3) is 0 Å². The molecular formula is C19H25N3OS2. The molecule has 0 bridgehead atoms. The number of aromatic nitrogens is 1. The maximum atomic E-state index is 12.4. The maximum absolute atomic E-state index is 12.4.